The summed E-state index contributed by atoms with van der Waals surface area (Å²) >= 11 is 2.60. The summed E-state index contributed by atoms with van der Waals surface area (Å²) in [4.78, 5) is 16.1. The van der Waals surface area contributed by atoms with Crippen LogP contribution in [0.2, 0.25) is 0 Å². The molecule has 0 atom stereocenters. The minimum absolute atomic E-state index is 0.0949. The van der Waals surface area contributed by atoms with Gasteiger partial charge in [-0.2, -0.15) is 8.42 Å². The first-order valence-electron chi connectivity index (χ1n) is 7.64. The number of amides is 1. The van der Waals surface area contributed by atoms with Crippen molar-refractivity contribution >= 4 is 38.7 Å². The average molecular weight is 409 g/mol. The van der Waals surface area contributed by atoms with Crippen molar-refractivity contribution in [3.8, 4) is 16.3 Å². The van der Waals surface area contributed by atoms with E-state index in [1.165, 1.54) is 24.3 Å². The Balaban J connectivity index is 1.72. The number of aryl methyl sites for hydroxylation is 1. The Hall–Kier alpha value is -2.23. The molecule has 136 valence electrons. The van der Waals surface area contributed by atoms with Crippen molar-refractivity contribution in [2.45, 2.75) is 24.6 Å². The van der Waals surface area contributed by atoms with Crippen LogP contribution in [0.5, 0.6) is 5.75 Å². The number of hydrogen-bond acceptors (Lipinski definition) is 7. The predicted octanol–water partition coefficient (Wildman–Crippen LogP) is 3.58. The molecule has 0 aliphatic carbocycles. The van der Waals surface area contributed by atoms with Gasteiger partial charge in [-0.15, -0.1) is 22.7 Å². The quantitative estimate of drug-likeness (QED) is 0.630. The lowest BCUT2D eigenvalue weighted by molar-refractivity contribution is -0.119. The van der Waals surface area contributed by atoms with Crippen LogP contribution in [-0.4, -0.2) is 19.3 Å². The Bertz CT molecular complexity index is 1020. The van der Waals surface area contributed by atoms with E-state index >= 15 is 0 Å². The lowest BCUT2D eigenvalue weighted by Crippen LogP contribution is -2.18. The van der Waals surface area contributed by atoms with Gasteiger partial charge in [0.1, 0.15) is 10.8 Å². The lowest BCUT2D eigenvalue weighted by Gasteiger charge is -2.05. The molecule has 0 aliphatic heterocycles. The van der Waals surface area contributed by atoms with Gasteiger partial charge in [0, 0.05) is 28.4 Å². The van der Waals surface area contributed by atoms with Crippen molar-refractivity contribution in [3.63, 3.8) is 0 Å². The van der Waals surface area contributed by atoms with Crippen LogP contribution in [0.3, 0.4) is 0 Å². The Morgan fingerprint density at radius 2 is 1.92 bits per heavy atom. The molecule has 0 fully saturated rings. The third-order valence-electron chi connectivity index (χ3n) is 3.32. The van der Waals surface area contributed by atoms with Gasteiger partial charge in [0.2, 0.25) is 5.91 Å². The summed E-state index contributed by atoms with van der Waals surface area (Å²) in [6.45, 7) is 3.62. The van der Waals surface area contributed by atoms with Gasteiger partial charge in [-0.05, 0) is 43.3 Å². The van der Waals surface area contributed by atoms with Crippen LogP contribution in [0, 0.1) is 6.92 Å². The number of nitrogens with one attached hydrogen (secondary N) is 1. The Morgan fingerprint density at radius 3 is 2.54 bits per heavy atom. The zero-order valence-corrected chi connectivity index (χ0v) is 16.5. The number of thiazole rings is 1. The molecule has 0 unspecified atom stereocenters. The van der Waals surface area contributed by atoms with Gasteiger partial charge in [-0.25, -0.2) is 4.98 Å². The first-order chi connectivity index (χ1) is 12.3. The smallest absolute Gasteiger partial charge is 0.348 e. The molecular weight excluding hydrogens is 392 g/mol. The van der Waals surface area contributed by atoms with Crippen molar-refractivity contribution in [1.29, 1.82) is 0 Å². The summed E-state index contributed by atoms with van der Waals surface area (Å²) in [5, 5.41) is 5.46. The minimum atomic E-state index is -3.91. The fourth-order valence-corrected chi connectivity index (χ4v) is 5.10. The molecule has 0 aliphatic rings. The first-order valence-corrected chi connectivity index (χ1v) is 10.7. The molecule has 1 aromatic carbocycles. The lowest BCUT2D eigenvalue weighted by atomic mass is 10.2. The van der Waals surface area contributed by atoms with Gasteiger partial charge in [0.15, 0.2) is 4.21 Å². The highest BCUT2D eigenvalue weighted by Gasteiger charge is 2.19. The van der Waals surface area contributed by atoms with E-state index in [9.17, 15) is 13.2 Å². The molecule has 1 N–H and O–H groups in total. The summed E-state index contributed by atoms with van der Waals surface area (Å²) in [6, 6.07) is 9.90. The van der Waals surface area contributed by atoms with E-state index in [4.69, 9.17) is 4.18 Å². The number of aromatic nitrogens is 1. The van der Waals surface area contributed by atoms with Crippen LogP contribution >= 0.6 is 22.7 Å². The van der Waals surface area contributed by atoms with Crippen molar-refractivity contribution in [2.24, 2.45) is 0 Å². The second-order valence-corrected chi connectivity index (χ2v) is 9.29. The molecule has 2 heterocycles. The van der Waals surface area contributed by atoms with E-state index < -0.39 is 10.1 Å². The number of rotatable bonds is 6. The van der Waals surface area contributed by atoms with Gasteiger partial charge < -0.3 is 9.50 Å². The second-order valence-electron chi connectivity index (χ2n) is 5.49. The molecule has 6 nitrogen and oxygen atoms in total. The van der Waals surface area contributed by atoms with Crippen molar-refractivity contribution in [1.82, 2.24) is 10.3 Å². The topological polar surface area (TPSA) is 85.4 Å². The van der Waals surface area contributed by atoms with E-state index in [0.717, 1.165) is 32.5 Å². The number of nitrogens with zero attached hydrogens (tertiary/aromatic N) is 1. The minimum Gasteiger partial charge on any atom is -0.378 e. The van der Waals surface area contributed by atoms with E-state index in [-0.39, 0.29) is 22.4 Å². The molecule has 9 heteroatoms. The largest absolute Gasteiger partial charge is 0.378 e. The highest BCUT2D eigenvalue weighted by Crippen LogP contribution is 2.28. The summed E-state index contributed by atoms with van der Waals surface area (Å²) < 4.78 is 30.1. The Labute approximate surface area is 159 Å². The molecule has 3 aromatic rings. The maximum Gasteiger partial charge on any atom is 0.348 e. The number of carbonyl (C=O) groups excluding carboxylic acids is 1. The third kappa shape index (κ3) is 4.48. The van der Waals surface area contributed by atoms with Crippen LogP contribution in [0.4, 0.5) is 0 Å². The third-order valence-corrected chi connectivity index (χ3v) is 7.11. The van der Waals surface area contributed by atoms with Gasteiger partial charge in [-0.1, -0.05) is 0 Å². The van der Waals surface area contributed by atoms with Crippen LogP contribution in [0.25, 0.3) is 10.6 Å². The van der Waals surface area contributed by atoms with Gasteiger partial charge >= 0.3 is 10.1 Å². The van der Waals surface area contributed by atoms with Crippen molar-refractivity contribution in [3.05, 3.63) is 52.3 Å². The zero-order valence-electron chi connectivity index (χ0n) is 14.1. The Kier molecular flexibility index (Phi) is 5.40. The normalized spacial score (nSPS) is 11.3. The number of carbonyl (C=O) groups is 1. The fourth-order valence-electron chi connectivity index (χ4n) is 2.11. The van der Waals surface area contributed by atoms with Gasteiger partial charge in [0.25, 0.3) is 0 Å². The van der Waals surface area contributed by atoms with Crippen LogP contribution < -0.4 is 9.50 Å². The van der Waals surface area contributed by atoms with Crippen molar-refractivity contribution in [2.75, 3.05) is 0 Å². The first kappa shape index (κ1) is 18.6. The van der Waals surface area contributed by atoms with Gasteiger partial charge in [0.05, 0.1) is 6.54 Å². The second kappa shape index (κ2) is 7.56. The van der Waals surface area contributed by atoms with E-state index in [1.807, 2.05) is 12.3 Å². The van der Waals surface area contributed by atoms with Crippen LogP contribution in [0.1, 0.15) is 17.5 Å². The molecule has 26 heavy (non-hydrogen) atoms. The molecule has 1 amide bonds. The summed E-state index contributed by atoms with van der Waals surface area (Å²) in [5.74, 6) is 0.0633. The Morgan fingerprint density at radius 1 is 1.19 bits per heavy atom. The van der Waals surface area contributed by atoms with Crippen LogP contribution in [-0.2, 0) is 21.5 Å². The monoisotopic (exact) mass is 408 g/mol. The molecule has 0 spiro atoms. The summed E-state index contributed by atoms with van der Waals surface area (Å²) in [5.41, 5.74) is 1.85. The zero-order chi connectivity index (χ0) is 18.7. The average Bonchev–Trinajstić information content (AvgIpc) is 3.23. The van der Waals surface area contributed by atoms with Gasteiger partial charge in [-0.3, -0.25) is 4.79 Å². The van der Waals surface area contributed by atoms with E-state index in [2.05, 4.69) is 10.3 Å². The van der Waals surface area contributed by atoms with Crippen LogP contribution in [0.15, 0.2) is 46.0 Å². The summed E-state index contributed by atoms with van der Waals surface area (Å²) in [7, 11) is -3.91. The van der Waals surface area contributed by atoms with E-state index in [1.54, 1.807) is 30.3 Å². The van der Waals surface area contributed by atoms with E-state index in [0.29, 0.717) is 0 Å². The molecular formula is C17H16N2O4S3. The number of benzene rings is 1. The maximum atomic E-state index is 12.4. The molecule has 0 saturated carbocycles. The maximum absolute atomic E-state index is 12.4. The van der Waals surface area contributed by atoms with Crippen molar-refractivity contribution < 1.29 is 17.4 Å². The fraction of sp³-hybridized carbons (Fsp3) is 0.176. The number of thiophene rings is 1. The predicted molar refractivity (Wildman–Crippen MR) is 102 cm³/mol. The highest BCUT2D eigenvalue weighted by atomic mass is 32.3. The molecule has 0 radical (unpaired) electrons. The number of hydrogen-bond donors (Lipinski definition) is 1. The molecule has 3 rings (SSSR count). The molecule has 2 aromatic heterocycles. The molecule has 0 saturated heterocycles. The SMILES string of the molecule is CC(=O)NCc1ccc(S(=O)(=O)Oc2ccc(-c3nc(C)cs3)cc2)s1. The molecule has 0 bridgehead atoms. The highest BCUT2D eigenvalue weighted by molar-refractivity contribution is 7.89. The summed E-state index contributed by atoms with van der Waals surface area (Å²) in [6.07, 6.45) is 0. The standard InChI is InChI=1S/C17H16N2O4S3/c1-11-10-24-17(19-11)13-3-5-14(6-4-13)23-26(21,22)16-8-7-15(25-16)9-18-12(2)20/h3-8,10H,9H2,1-2H3,(H,18,20).